The van der Waals surface area contributed by atoms with Gasteiger partial charge in [-0.15, -0.1) is 0 Å². The van der Waals surface area contributed by atoms with Crippen LogP contribution in [0.25, 0.3) is 0 Å². The fourth-order valence-corrected chi connectivity index (χ4v) is 3.97. The molecule has 0 radical (unpaired) electrons. The van der Waals surface area contributed by atoms with Gasteiger partial charge in [0.25, 0.3) is 0 Å². The second kappa shape index (κ2) is 30.7. The second-order valence-electron chi connectivity index (χ2n) is 11.2. The summed E-state index contributed by atoms with van der Waals surface area (Å²) in [5.74, 6) is -0.0936. The number of ether oxygens (including phenoxy) is 2. The smallest absolute Gasteiger partial charge is 0.305 e. The minimum atomic E-state index is -1.06. The van der Waals surface area contributed by atoms with E-state index < -0.39 is 18.2 Å². The van der Waals surface area contributed by atoms with Crippen LogP contribution in [0.1, 0.15) is 117 Å². The zero-order valence-corrected chi connectivity index (χ0v) is 27.2. The zero-order valence-electron chi connectivity index (χ0n) is 27.2. The van der Waals surface area contributed by atoms with E-state index in [-0.39, 0.29) is 32.0 Å². The molecule has 0 aliphatic carbocycles. The number of hydrogen-bond acceptors (Lipinski definition) is 6. The van der Waals surface area contributed by atoms with Gasteiger partial charge in [-0.25, -0.2) is 0 Å². The van der Waals surface area contributed by atoms with Crippen molar-refractivity contribution in [1.29, 1.82) is 0 Å². The van der Waals surface area contributed by atoms with Gasteiger partial charge in [0.15, 0.2) is 0 Å². The monoisotopic (exact) mass is 600 g/mol. The van der Waals surface area contributed by atoms with Crippen LogP contribution in [0.3, 0.4) is 0 Å². The van der Waals surface area contributed by atoms with Crippen LogP contribution in [-0.2, 0) is 19.1 Å². The van der Waals surface area contributed by atoms with Crippen molar-refractivity contribution < 1.29 is 29.3 Å². The van der Waals surface area contributed by atoms with Gasteiger partial charge in [-0.2, -0.15) is 0 Å². The third-order valence-electron chi connectivity index (χ3n) is 6.50. The van der Waals surface area contributed by atoms with E-state index in [2.05, 4.69) is 69.4 Å². The Morgan fingerprint density at radius 2 is 1.09 bits per heavy atom. The highest BCUT2D eigenvalue weighted by Gasteiger charge is 2.13. The molecule has 43 heavy (non-hydrogen) atoms. The van der Waals surface area contributed by atoms with E-state index >= 15 is 0 Å². The minimum absolute atomic E-state index is 0.0289. The summed E-state index contributed by atoms with van der Waals surface area (Å²) < 4.78 is 10.1. The first-order valence-electron chi connectivity index (χ1n) is 16.5. The maximum absolute atomic E-state index is 11.9. The van der Waals surface area contributed by atoms with Crippen molar-refractivity contribution in [3.63, 3.8) is 0 Å². The molecule has 2 N–H and O–H groups in total. The highest BCUT2D eigenvalue weighted by atomic mass is 16.6. The van der Waals surface area contributed by atoms with Crippen molar-refractivity contribution in [3.05, 3.63) is 72.9 Å². The highest BCUT2D eigenvalue weighted by molar-refractivity contribution is 5.69. The number of rotatable bonds is 27. The number of carbonyl (C=O) groups is 2. The summed E-state index contributed by atoms with van der Waals surface area (Å²) in [6, 6.07) is 0. The third kappa shape index (κ3) is 32.1. The van der Waals surface area contributed by atoms with Crippen LogP contribution in [0.2, 0.25) is 0 Å². The Morgan fingerprint density at radius 1 is 0.605 bits per heavy atom. The fourth-order valence-electron chi connectivity index (χ4n) is 3.97. The lowest BCUT2D eigenvalue weighted by molar-refractivity contribution is -0.152. The van der Waals surface area contributed by atoms with Crippen LogP contribution in [0.5, 0.6) is 0 Å². The normalized spacial score (nSPS) is 14.0. The lowest BCUT2D eigenvalue weighted by Gasteiger charge is -2.12. The Kier molecular flexibility index (Phi) is 28.8. The second-order valence-corrected chi connectivity index (χ2v) is 11.2. The number of unbranched alkanes of at least 4 members (excludes halogenated alkanes) is 5. The first-order valence-corrected chi connectivity index (χ1v) is 16.5. The summed E-state index contributed by atoms with van der Waals surface area (Å²) in [4.78, 5) is 23.7. The highest BCUT2D eigenvalue weighted by Crippen LogP contribution is 2.12. The fraction of sp³-hybridized carbons (Fsp3) is 0.622. The molecule has 244 valence electrons. The van der Waals surface area contributed by atoms with Gasteiger partial charge in [0.2, 0.25) is 0 Å². The molecule has 0 aliphatic rings. The van der Waals surface area contributed by atoms with E-state index in [1.165, 1.54) is 25.7 Å². The largest absolute Gasteiger partial charge is 0.463 e. The van der Waals surface area contributed by atoms with Crippen molar-refractivity contribution in [2.75, 3.05) is 13.2 Å². The molecule has 2 atom stereocenters. The first-order chi connectivity index (χ1) is 20.8. The molecule has 0 aromatic rings. The molecule has 0 bridgehead atoms. The maximum Gasteiger partial charge on any atom is 0.305 e. The summed E-state index contributed by atoms with van der Waals surface area (Å²) in [6.07, 6.45) is 35.9. The average molecular weight is 601 g/mol. The van der Waals surface area contributed by atoms with E-state index in [0.29, 0.717) is 6.42 Å². The van der Waals surface area contributed by atoms with Gasteiger partial charge >= 0.3 is 11.9 Å². The summed E-state index contributed by atoms with van der Waals surface area (Å²) in [5.41, 5.74) is 0. The number of carbonyl (C=O) groups excluding carboxylic acids is 2. The molecular formula is C37H60O6. The van der Waals surface area contributed by atoms with Crippen LogP contribution in [0.15, 0.2) is 72.9 Å². The number of aliphatic hydroxyl groups excluding tert-OH is 2. The van der Waals surface area contributed by atoms with Gasteiger partial charge in [0, 0.05) is 12.8 Å². The summed E-state index contributed by atoms with van der Waals surface area (Å²) in [7, 11) is 0. The van der Waals surface area contributed by atoms with Crippen molar-refractivity contribution in [3.8, 4) is 0 Å². The number of aliphatic hydroxyl groups is 2. The number of hydrogen-bond donors (Lipinski definition) is 2. The molecule has 0 spiro atoms. The average Bonchev–Trinajstić information content (AvgIpc) is 2.98. The van der Waals surface area contributed by atoms with E-state index in [4.69, 9.17) is 9.47 Å². The van der Waals surface area contributed by atoms with Crippen LogP contribution in [0, 0.1) is 5.92 Å². The van der Waals surface area contributed by atoms with Gasteiger partial charge in [-0.3, -0.25) is 9.59 Å². The van der Waals surface area contributed by atoms with Gasteiger partial charge in [-0.05, 0) is 50.9 Å². The summed E-state index contributed by atoms with van der Waals surface area (Å²) in [5, 5.41) is 20.0. The molecule has 6 nitrogen and oxygen atoms in total. The molecule has 0 heterocycles. The van der Waals surface area contributed by atoms with Crippen LogP contribution >= 0.6 is 0 Å². The Labute approximate surface area is 262 Å². The number of allylic oxidation sites excluding steroid dienone is 11. The van der Waals surface area contributed by atoms with Gasteiger partial charge in [-0.1, -0.05) is 132 Å². The quantitative estimate of drug-likeness (QED) is 0.0424. The molecule has 0 aromatic heterocycles. The Morgan fingerprint density at radius 3 is 1.65 bits per heavy atom. The molecule has 0 saturated carbocycles. The van der Waals surface area contributed by atoms with Gasteiger partial charge in [0.05, 0.1) is 6.10 Å². The Balaban J connectivity index is 3.79. The lowest BCUT2D eigenvalue weighted by Crippen LogP contribution is -2.25. The predicted molar refractivity (Wildman–Crippen MR) is 179 cm³/mol. The van der Waals surface area contributed by atoms with E-state index in [0.717, 1.165) is 57.3 Å². The van der Waals surface area contributed by atoms with E-state index in [9.17, 15) is 19.8 Å². The Hall–Kier alpha value is -2.70. The van der Waals surface area contributed by atoms with Gasteiger partial charge in [0.1, 0.15) is 19.3 Å². The van der Waals surface area contributed by atoms with E-state index in [1.807, 2.05) is 12.2 Å². The van der Waals surface area contributed by atoms with Crippen molar-refractivity contribution >= 4 is 11.9 Å². The third-order valence-corrected chi connectivity index (χ3v) is 6.50. The molecule has 0 aromatic carbocycles. The van der Waals surface area contributed by atoms with Crippen LogP contribution < -0.4 is 0 Å². The molecular weight excluding hydrogens is 540 g/mol. The van der Waals surface area contributed by atoms with Crippen molar-refractivity contribution in [1.82, 2.24) is 0 Å². The minimum Gasteiger partial charge on any atom is -0.463 e. The van der Waals surface area contributed by atoms with Crippen LogP contribution in [-0.4, -0.2) is 47.6 Å². The topological polar surface area (TPSA) is 93.1 Å². The standard InChI is InChI=1S/C37H60O6/c1-4-5-6-7-8-9-10-11-12-13-14-15-16-17-21-24-27-34(38)29-30-37(41)43-32-35(39)31-42-36(40)28-25-22-19-18-20-23-26-33(2)3/h5-6,8-9,11-12,14-15,17,21,24,27,33-35,38-39H,4,7,10,13,16,18-20,22-23,25-26,28-32H2,1-3H3/b6-5-,9-8-,12-11-,15-14-,21-17-,27-24-/t34?,35-/m1/s1. The molecule has 6 heteroatoms. The molecule has 0 amide bonds. The van der Waals surface area contributed by atoms with Crippen molar-refractivity contribution in [2.24, 2.45) is 5.92 Å². The molecule has 0 saturated heterocycles. The Bertz CT molecular complexity index is 849. The molecule has 1 unspecified atom stereocenters. The lowest BCUT2D eigenvalue weighted by atomic mass is 10.0. The van der Waals surface area contributed by atoms with E-state index in [1.54, 1.807) is 12.2 Å². The number of esters is 2. The SMILES string of the molecule is CC/C=C\C/C=C\C/C=C\C/C=C\C/C=C\C=C/C(O)CCC(=O)OC[C@H](O)COC(=O)CCCCCCCCC(C)C. The van der Waals surface area contributed by atoms with Gasteiger partial charge < -0.3 is 19.7 Å². The summed E-state index contributed by atoms with van der Waals surface area (Å²) >= 11 is 0. The molecule has 0 rings (SSSR count). The maximum atomic E-state index is 11.9. The van der Waals surface area contributed by atoms with Crippen molar-refractivity contribution in [2.45, 2.75) is 129 Å². The first kappa shape index (κ1) is 40.3. The van der Waals surface area contributed by atoms with Crippen LogP contribution in [0.4, 0.5) is 0 Å². The molecule has 0 fully saturated rings. The zero-order chi connectivity index (χ0) is 31.8. The summed E-state index contributed by atoms with van der Waals surface area (Å²) in [6.45, 7) is 6.19. The predicted octanol–water partition coefficient (Wildman–Crippen LogP) is 8.66. The molecule has 0 aliphatic heterocycles.